The molecule has 0 atom stereocenters. The van der Waals surface area contributed by atoms with Crippen LogP contribution < -0.4 is 4.57 Å². The second-order valence-corrected chi connectivity index (χ2v) is 10.2. The molecule has 0 unspecified atom stereocenters. The molecule has 2 heteroatoms. The van der Waals surface area contributed by atoms with Crippen LogP contribution in [0.5, 0.6) is 0 Å². The summed E-state index contributed by atoms with van der Waals surface area (Å²) in [6.07, 6.45) is 25.2. The van der Waals surface area contributed by atoms with Crippen LogP contribution >= 0.6 is 0 Å². The van der Waals surface area contributed by atoms with Crippen molar-refractivity contribution in [3.8, 4) is 11.4 Å². The SMILES string of the molecule is CCCCCCCCCCCCCCCn1cc[n+](CCCc2ccccc2)c1-c1ccccc1. The average molecular weight is 474 g/mol. The van der Waals surface area contributed by atoms with Gasteiger partial charge in [-0.05, 0) is 43.4 Å². The van der Waals surface area contributed by atoms with Gasteiger partial charge in [0.25, 0.3) is 5.82 Å². The summed E-state index contributed by atoms with van der Waals surface area (Å²) >= 11 is 0. The van der Waals surface area contributed by atoms with Gasteiger partial charge in [-0.2, -0.15) is 0 Å². The minimum absolute atomic E-state index is 1.06. The molecule has 0 spiro atoms. The third-order valence-corrected chi connectivity index (χ3v) is 7.21. The normalized spacial score (nSPS) is 11.2. The van der Waals surface area contributed by atoms with E-state index in [1.54, 1.807) is 0 Å². The number of nitrogens with zero attached hydrogens (tertiary/aromatic N) is 2. The monoisotopic (exact) mass is 473 g/mol. The lowest BCUT2D eigenvalue weighted by Gasteiger charge is -2.07. The fourth-order valence-electron chi connectivity index (χ4n) is 5.14. The van der Waals surface area contributed by atoms with Gasteiger partial charge in [-0.15, -0.1) is 0 Å². The highest BCUT2D eigenvalue weighted by Crippen LogP contribution is 2.18. The molecule has 0 aliphatic rings. The van der Waals surface area contributed by atoms with Crippen molar-refractivity contribution in [2.24, 2.45) is 0 Å². The zero-order valence-corrected chi connectivity index (χ0v) is 22.3. The fourth-order valence-corrected chi connectivity index (χ4v) is 5.14. The van der Waals surface area contributed by atoms with Gasteiger partial charge in [-0.3, -0.25) is 0 Å². The molecule has 3 aromatic rings. The molecule has 0 fully saturated rings. The number of aryl methyl sites for hydroxylation is 3. The Kier molecular flexibility index (Phi) is 13.3. The first kappa shape index (κ1) is 27.2. The Balaban J connectivity index is 1.37. The highest BCUT2D eigenvalue weighted by atomic mass is 15.1. The third-order valence-electron chi connectivity index (χ3n) is 7.21. The minimum atomic E-state index is 1.06. The second kappa shape index (κ2) is 17.1. The van der Waals surface area contributed by atoms with Crippen LogP contribution in [0.15, 0.2) is 73.1 Å². The standard InChI is InChI=1S/C33H49N2/c1-2-3-4-5-6-7-8-9-10-11-12-13-20-27-34-29-30-35(33(34)32-25-18-15-19-26-32)28-21-24-31-22-16-14-17-23-31/h14-19,22-23,25-26,29-30H,2-13,20-21,24,27-28H2,1H3/q+1. The van der Waals surface area contributed by atoms with E-state index in [1.165, 1.54) is 100 Å². The highest BCUT2D eigenvalue weighted by molar-refractivity contribution is 5.52. The van der Waals surface area contributed by atoms with Crippen LogP contribution in [-0.4, -0.2) is 4.57 Å². The zero-order chi connectivity index (χ0) is 24.4. The van der Waals surface area contributed by atoms with Gasteiger partial charge in [0.05, 0.1) is 18.7 Å². The Hall–Kier alpha value is -2.35. The van der Waals surface area contributed by atoms with Crippen molar-refractivity contribution in [2.75, 3.05) is 0 Å². The van der Waals surface area contributed by atoms with E-state index < -0.39 is 0 Å². The fraction of sp³-hybridized carbons (Fsp3) is 0.545. The van der Waals surface area contributed by atoms with E-state index >= 15 is 0 Å². The van der Waals surface area contributed by atoms with E-state index in [4.69, 9.17) is 0 Å². The Morgan fingerprint density at radius 1 is 0.600 bits per heavy atom. The van der Waals surface area contributed by atoms with Gasteiger partial charge in [-0.1, -0.05) is 126 Å². The number of imidazole rings is 1. The molecule has 190 valence electrons. The molecule has 0 amide bonds. The molecule has 0 bridgehead atoms. The van der Waals surface area contributed by atoms with Crippen molar-refractivity contribution in [3.63, 3.8) is 0 Å². The molecule has 0 N–H and O–H groups in total. The molecule has 0 aliphatic heterocycles. The number of hydrogen-bond acceptors (Lipinski definition) is 0. The molecule has 1 aromatic heterocycles. The van der Waals surface area contributed by atoms with E-state index in [-0.39, 0.29) is 0 Å². The van der Waals surface area contributed by atoms with Crippen molar-refractivity contribution in [3.05, 3.63) is 78.6 Å². The molecule has 0 saturated heterocycles. The Morgan fingerprint density at radius 2 is 1.14 bits per heavy atom. The molecule has 0 aliphatic carbocycles. The van der Waals surface area contributed by atoms with E-state index in [0.29, 0.717) is 0 Å². The summed E-state index contributed by atoms with van der Waals surface area (Å²) in [5, 5.41) is 0. The van der Waals surface area contributed by atoms with Crippen molar-refractivity contribution < 1.29 is 4.57 Å². The van der Waals surface area contributed by atoms with Gasteiger partial charge in [0, 0.05) is 0 Å². The predicted octanol–water partition coefficient (Wildman–Crippen LogP) is 9.17. The summed E-state index contributed by atoms with van der Waals surface area (Å²) in [6, 6.07) is 21.8. The van der Waals surface area contributed by atoms with E-state index in [9.17, 15) is 0 Å². The number of rotatable bonds is 19. The van der Waals surface area contributed by atoms with Crippen LogP contribution in [0.25, 0.3) is 11.4 Å². The van der Waals surface area contributed by atoms with Crippen molar-refractivity contribution in [1.82, 2.24) is 4.57 Å². The average Bonchev–Trinajstić information content (AvgIpc) is 3.30. The van der Waals surface area contributed by atoms with Crippen LogP contribution in [0.4, 0.5) is 0 Å². The number of unbranched alkanes of at least 4 members (excludes halogenated alkanes) is 12. The van der Waals surface area contributed by atoms with Crippen molar-refractivity contribution in [1.29, 1.82) is 0 Å². The van der Waals surface area contributed by atoms with E-state index in [0.717, 1.165) is 25.9 Å². The summed E-state index contributed by atoms with van der Waals surface area (Å²) in [7, 11) is 0. The topological polar surface area (TPSA) is 8.81 Å². The summed E-state index contributed by atoms with van der Waals surface area (Å²) in [6.45, 7) is 4.48. The van der Waals surface area contributed by atoms with E-state index in [2.05, 4.69) is 89.1 Å². The molecule has 35 heavy (non-hydrogen) atoms. The Bertz CT molecular complexity index is 897. The van der Waals surface area contributed by atoms with Gasteiger partial charge in [-0.25, -0.2) is 9.13 Å². The van der Waals surface area contributed by atoms with Gasteiger partial charge < -0.3 is 0 Å². The molecular formula is C33H49N2+. The molecule has 3 rings (SSSR count). The van der Waals surface area contributed by atoms with Crippen LogP contribution in [0, 0.1) is 0 Å². The maximum Gasteiger partial charge on any atom is 0.288 e. The summed E-state index contributed by atoms with van der Waals surface area (Å²) in [4.78, 5) is 0. The molecule has 1 heterocycles. The van der Waals surface area contributed by atoms with Crippen molar-refractivity contribution >= 4 is 0 Å². The third kappa shape index (κ3) is 10.4. The quantitative estimate of drug-likeness (QED) is 0.121. The molecule has 0 saturated carbocycles. The molecule has 2 nitrogen and oxygen atoms in total. The van der Waals surface area contributed by atoms with Crippen LogP contribution in [0.1, 0.15) is 102 Å². The lowest BCUT2D eigenvalue weighted by Crippen LogP contribution is -2.35. The van der Waals surface area contributed by atoms with Gasteiger partial charge in [0.15, 0.2) is 0 Å². The first-order valence-corrected chi connectivity index (χ1v) is 14.6. The number of aromatic nitrogens is 2. The summed E-state index contributed by atoms with van der Waals surface area (Å²) in [5.74, 6) is 1.36. The first-order valence-electron chi connectivity index (χ1n) is 14.6. The lowest BCUT2D eigenvalue weighted by molar-refractivity contribution is -0.685. The van der Waals surface area contributed by atoms with Crippen LogP contribution in [0.3, 0.4) is 0 Å². The van der Waals surface area contributed by atoms with Crippen molar-refractivity contribution in [2.45, 2.75) is 116 Å². The predicted molar refractivity (Wildman–Crippen MR) is 151 cm³/mol. The smallest absolute Gasteiger partial charge is 0.230 e. The zero-order valence-electron chi connectivity index (χ0n) is 22.3. The van der Waals surface area contributed by atoms with Gasteiger partial charge in [0.1, 0.15) is 12.4 Å². The lowest BCUT2D eigenvalue weighted by atomic mass is 10.0. The van der Waals surface area contributed by atoms with Crippen LogP contribution in [0.2, 0.25) is 0 Å². The largest absolute Gasteiger partial charge is 0.288 e. The van der Waals surface area contributed by atoms with E-state index in [1.807, 2.05) is 0 Å². The highest BCUT2D eigenvalue weighted by Gasteiger charge is 2.18. The van der Waals surface area contributed by atoms with Crippen LogP contribution in [-0.2, 0) is 19.5 Å². The molecular weight excluding hydrogens is 424 g/mol. The number of hydrogen-bond donors (Lipinski definition) is 0. The Morgan fingerprint density at radius 3 is 1.74 bits per heavy atom. The first-order chi connectivity index (χ1) is 17.4. The maximum absolute atomic E-state index is 2.48. The molecule has 0 radical (unpaired) electrons. The summed E-state index contributed by atoms with van der Waals surface area (Å²) < 4.78 is 4.94. The summed E-state index contributed by atoms with van der Waals surface area (Å²) in [5.41, 5.74) is 2.76. The van der Waals surface area contributed by atoms with Gasteiger partial charge >= 0.3 is 0 Å². The maximum atomic E-state index is 2.48. The Labute approximate surface area is 215 Å². The van der Waals surface area contributed by atoms with Gasteiger partial charge in [0.2, 0.25) is 0 Å². The molecule has 2 aromatic carbocycles. The minimum Gasteiger partial charge on any atom is -0.230 e. The number of benzene rings is 2. The second-order valence-electron chi connectivity index (χ2n) is 10.2.